The van der Waals surface area contributed by atoms with Crippen molar-refractivity contribution in [2.75, 3.05) is 6.26 Å². The van der Waals surface area contributed by atoms with Crippen LogP contribution in [0.15, 0.2) is 0 Å². The largest absolute Gasteiger partial charge is 0.214 e. The fourth-order valence-corrected chi connectivity index (χ4v) is 6.55. The number of hydrogen-bond donors (Lipinski definition) is 1. The van der Waals surface area contributed by atoms with Gasteiger partial charge in [-0.2, -0.15) is 4.31 Å². The van der Waals surface area contributed by atoms with Gasteiger partial charge >= 0.3 is 0 Å². The van der Waals surface area contributed by atoms with Crippen molar-refractivity contribution in [2.24, 2.45) is 0 Å². The van der Waals surface area contributed by atoms with E-state index in [9.17, 15) is 16.8 Å². The third-order valence-electron chi connectivity index (χ3n) is 4.34. The Hall–Kier alpha value is -0.180. The smallest absolute Gasteiger partial charge is 0.212 e. The van der Waals surface area contributed by atoms with E-state index >= 15 is 0 Å². The molecule has 0 aromatic rings. The molecule has 110 valence electrons. The molecule has 0 spiro atoms. The van der Waals surface area contributed by atoms with Crippen LogP contribution in [0.5, 0.6) is 0 Å². The van der Waals surface area contributed by atoms with Gasteiger partial charge in [0.1, 0.15) is 0 Å². The summed E-state index contributed by atoms with van der Waals surface area (Å²) in [5, 5.41) is -0.210. The monoisotopic (exact) mass is 308 g/mol. The van der Waals surface area contributed by atoms with E-state index in [1.54, 1.807) is 4.31 Å². The molecule has 2 atom stereocenters. The number of hydrogen-bond acceptors (Lipinski definition) is 4. The molecule has 2 heterocycles. The van der Waals surface area contributed by atoms with Gasteiger partial charge in [-0.1, -0.05) is 0 Å². The predicted octanol–water partition coefficient (Wildman–Crippen LogP) is 0.0232. The first-order valence-electron chi connectivity index (χ1n) is 6.77. The summed E-state index contributed by atoms with van der Waals surface area (Å²) in [4.78, 5) is 0. The van der Waals surface area contributed by atoms with Crippen LogP contribution in [0.2, 0.25) is 0 Å². The Bertz CT molecular complexity index is 554. The van der Waals surface area contributed by atoms with Gasteiger partial charge in [0.05, 0.1) is 11.5 Å². The van der Waals surface area contributed by atoms with Gasteiger partial charge in [-0.25, -0.2) is 21.6 Å². The Morgan fingerprint density at radius 2 is 1.47 bits per heavy atom. The average molecular weight is 308 g/mol. The minimum Gasteiger partial charge on any atom is -0.212 e. The van der Waals surface area contributed by atoms with Crippen molar-refractivity contribution >= 4 is 20.0 Å². The van der Waals surface area contributed by atoms with Crippen LogP contribution in [0, 0.1) is 0 Å². The molecule has 1 saturated carbocycles. The molecule has 2 aliphatic heterocycles. The number of piperidine rings is 1. The van der Waals surface area contributed by atoms with Crippen LogP contribution < -0.4 is 4.72 Å². The molecular weight excluding hydrogens is 288 g/mol. The van der Waals surface area contributed by atoms with E-state index in [1.807, 2.05) is 0 Å². The second-order valence-electron chi connectivity index (χ2n) is 6.01. The summed E-state index contributed by atoms with van der Waals surface area (Å²) in [6, 6.07) is -0.151. The molecule has 19 heavy (non-hydrogen) atoms. The summed E-state index contributed by atoms with van der Waals surface area (Å²) in [5.41, 5.74) is 0. The first-order chi connectivity index (χ1) is 8.77. The van der Waals surface area contributed by atoms with Crippen molar-refractivity contribution in [2.45, 2.75) is 61.9 Å². The van der Waals surface area contributed by atoms with E-state index in [0.717, 1.165) is 25.7 Å². The molecule has 2 bridgehead atoms. The van der Waals surface area contributed by atoms with Gasteiger partial charge in [0, 0.05) is 18.1 Å². The third kappa shape index (κ3) is 2.68. The summed E-state index contributed by atoms with van der Waals surface area (Å²) in [5.74, 6) is 0. The highest BCUT2D eigenvalue weighted by Gasteiger charge is 2.47. The Morgan fingerprint density at radius 1 is 0.947 bits per heavy atom. The Labute approximate surface area is 114 Å². The van der Waals surface area contributed by atoms with Crippen LogP contribution in [-0.4, -0.2) is 50.8 Å². The van der Waals surface area contributed by atoms with Gasteiger partial charge in [0.2, 0.25) is 20.0 Å². The normalized spacial score (nSPS) is 36.6. The quantitative estimate of drug-likeness (QED) is 0.794. The van der Waals surface area contributed by atoms with Crippen molar-refractivity contribution in [1.29, 1.82) is 0 Å². The van der Waals surface area contributed by atoms with Crippen LogP contribution in [-0.2, 0) is 20.0 Å². The molecule has 2 saturated heterocycles. The molecule has 3 aliphatic rings. The lowest BCUT2D eigenvalue weighted by Gasteiger charge is -2.37. The first-order valence-corrected chi connectivity index (χ1v) is 10.2. The van der Waals surface area contributed by atoms with Crippen molar-refractivity contribution < 1.29 is 16.8 Å². The van der Waals surface area contributed by atoms with E-state index in [4.69, 9.17) is 0 Å². The van der Waals surface area contributed by atoms with Crippen molar-refractivity contribution in [1.82, 2.24) is 9.03 Å². The van der Waals surface area contributed by atoms with Crippen LogP contribution in [0.1, 0.15) is 38.5 Å². The highest BCUT2D eigenvalue weighted by molar-refractivity contribution is 7.90. The van der Waals surface area contributed by atoms with Gasteiger partial charge < -0.3 is 0 Å². The third-order valence-corrected chi connectivity index (χ3v) is 7.72. The molecule has 0 radical (unpaired) electrons. The Kier molecular flexibility index (Phi) is 3.20. The van der Waals surface area contributed by atoms with E-state index in [-0.39, 0.29) is 23.4 Å². The molecule has 0 aromatic carbocycles. The molecule has 0 aromatic heterocycles. The zero-order valence-corrected chi connectivity index (χ0v) is 12.6. The molecule has 3 rings (SSSR count). The molecule has 0 amide bonds. The SMILES string of the molecule is CS(=O)(=O)N1[C@H]2CC[C@H]1CC(NS(=O)(=O)C1CC1)C2. The maximum absolute atomic E-state index is 11.9. The van der Waals surface area contributed by atoms with E-state index in [0.29, 0.717) is 12.8 Å². The average Bonchev–Trinajstić information content (AvgIpc) is 3.03. The standard InChI is InChI=1S/C11H20N2O4S2/c1-18(14,15)13-9-2-3-10(13)7-8(6-9)12-19(16,17)11-4-5-11/h8-12H,2-7H2,1H3/t9-,10-/m0/s1. The topological polar surface area (TPSA) is 83.6 Å². The van der Waals surface area contributed by atoms with Crippen molar-refractivity contribution in [3.8, 4) is 0 Å². The van der Waals surface area contributed by atoms with Gasteiger partial charge in [0.25, 0.3) is 0 Å². The lowest BCUT2D eigenvalue weighted by atomic mass is 10.0. The molecule has 6 nitrogen and oxygen atoms in total. The number of nitrogens with one attached hydrogen (secondary N) is 1. The van der Waals surface area contributed by atoms with Gasteiger partial charge in [-0.15, -0.1) is 0 Å². The molecule has 1 N–H and O–H groups in total. The summed E-state index contributed by atoms with van der Waals surface area (Å²) in [6.07, 6.45) is 5.66. The van der Waals surface area contributed by atoms with E-state index in [1.165, 1.54) is 6.26 Å². The van der Waals surface area contributed by atoms with Crippen LogP contribution >= 0.6 is 0 Å². The molecule has 3 fully saturated rings. The minimum absolute atomic E-state index is 0.0272. The van der Waals surface area contributed by atoms with Crippen LogP contribution in [0.3, 0.4) is 0 Å². The summed E-state index contributed by atoms with van der Waals surface area (Å²) in [7, 11) is -6.35. The lowest BCUT2D eigenvalue weighted by molar-refractivity contribution is 0.221. The van der Waals surface area contributed by atoms with Crippen LogP contribution in [0.4, 0.5) is 0 Å². The lowest BCUT2D eigenvalue weighted by Crippen LogP contribution is -2.52. The number of fused-ring (bicyclic) bond motifs is 2. The Balaban J connectivity index is 1.71. The van der Waals surface area contributed by atoms with E-state index in [2.05, 4.69) is 4.72 Å². The Morgan fingerprint density at radius 3 is 1.89 bits per heavy atom. The van der Waals surface area contributed by atoms with Gasteiger partial charge in [-0.3, -0.25) is 0 Å². The van der Waals surface area contributed by atoms with Crippen molar-refractivity contribution in [3.63, 3.8) is 0 Å². The zero-order valence-electron chi connectivity index (χ0n) is 10.9. The van der Waals surface area contributed by atoms with Crippen molar-refractivity contribution in [3.05, 3.63) is 0 Å². The fourth-order valence-electron chi connectivity index (χ4n) is 3.48. The van der Waals surface area contributed by atoms with Gasteiger partial charge in [-0.05, 0) is 38.5 Å². The second-order valence-corrected chi connectivity index (χ2v) is 9.89. The highest BCUT2D eigenvalue weighted by atomic mass is 32.2. The van der Waals surface area contributed by atoms with Gasteiger partial charge in [0.15, 0.2) is 0 Å². The number of nitrogens with zero attached hydrogens (tertiary/aromatic N) is 1. The highest BCUT2D eigenvalue weighted by Crippen LogP contribution is 2.38. The zero-order chi connectivity index (χ0) is 13.8. The predicted molar refractivity (Wildman–Crippen MR) is 71.6 cm³/mol. The fraction of sp³-hybridized carbons (Fsp3) is 1.00. The molecular formula is C11H20N2O4S2. The summed E-state index contributed by atoms with van der Waals surface area (Å²) >= 11 is 0. The second kappa shape index (κ2) is 4.41. The molecule has 0 unspecified atom stereocenters. The van der Waals surface area contributed by atoms with Crippen LogP contribution in [0.25, 0.3) is 0 Å². The minimum atomic E-state index is -3.18. The molecule has 8 heteroatoms. The summed E-state index contributed by atoms with van der Waals surface area (Å²) in [6.45, 7) is 0. The van der Waals surface area contributed by atoms with E-state index < -0.39 is 20.0 Å². The molecule has 1 aliphatic carbocycles. The number of rotatable bonds is 4. The summed E-state index contributed by atoms with van der Waals surface area (Å²) < 4.78 is 51.7. The number of sulfonamides is 2. The maximum atomic E-state index is 11.9. The first kappa shape index (κ1) is 13.8. The maximum Gasteiger partial charge on any atom is 0.214 e.